The van der Waals surface area contributed by atoms with Gasteiger partial charge < -0.3 is 25.5 Å². The minimum absolute atomic E-state index is 0.134. The molecule has 0 unspecified atom stereocenters. The fourth-order valence-electron chi connectivity index (χ4n) is 4.63. The Labute approximate surface area is 182 Å². The zero-order valence-corrected chi connectivity index (χ0v) is 18.3. The summed E-state index contributed by atoms with van der Waals surface area (Å²) in [5, 5.41) is 10.5. The van der Waals surface area contributed by atoms with E-state index in [2.05, 4.69) is 40.9 Å². The molecule has 1 atom stereocenters. The molecule has 1 aromatic heterocycles. The number of nitrogens with two attached hydrogens (primary N) is 1. The number of nitrogens with one attached hydrogen (secondary N) is 1. The van der Waals surface area contributed by atoms with Crippen molar-refractivity contribution in [2.75, 3.05) is 39.5 Å². The van der Waals surface area contributed by atoms with E-state index < -0.39 is 5.97 Å². The van der Waals surface area contributed by atoms with Gasteiger partial charge in [0.25, 0.3) is 0 Å². The first-order valence-corrected chi connectivity index (χ1v) is 10.6. The highest BCUT2D eigenvalue weighted by molar-refractivity contribution is 5.93. The van der Waals surface area contributed by atoms with E-state index in [1.807, 2.05) is 18.3 Å². The number of ether oxygens (including phenoxy) is 1. The monoisotopic (exact) mass is 422 g/mol. The third kappa shape index (κ3) is 4.11. The van der Waals surface area contributed by atoms with E-state index in [4.69, 9.17) is 10.5 Å². The summed E-state index contributed by atoms with van der Waals surface area (Å²) >= 11 is 0. The summed E-state index contributed by atoms with van der Waals surface area (Å²) in [6.45, 7) is 5.64. The Morgan fingerprint density at radius 2 is 2.06 bits per heavy atom. The van der Waals surface area contributed by atoms with Crippen LogP contribution in [0, 0.1) is 6.92 Å². The molecule has 0 spiro atoms. The van der Waals surface area contributed by atoms with E-state index in [9.17, 15) is 9.90 Å². The van der Waals surface area contributed by atoms with Crippen LogP contribution in [0.4, 0.5) is 5.69 Å². The molecule has 0 saturated carbocycles. The number of benzene rings is 2. The van der Waals surface area contributed by atoms with Crippen LogP contribution in [-0.4, -0.2) is 59.7 Å². The fraction of sp³-hybridized carbons (Fsp3) is 0.375. The Hall–Kier alpha value is -3.03. The number of nitrogen functional groups attached to an aromatic ring is 1. The van der Waals surface area contributed by atoms with Crippen LogP contribution < -0.4 is 10.5 Å². The Morgan fingerprint density at radius 1 is 1.26 bits per heavy atom. The molecule has 1 aliphatic rings. The van der Waals surface area contributed by atoms with Crippen LogP contribution in [0.2, 0.25) is 0 Å². The molecule has 1 aliphatic heterocycles. The number of carbonyl (C=O) groups is 1. The van der Waals surface area contributed by atoms with Crippen molar-refractivity contribution in [2.24, 2.45) is 0 Å². The highest BCUT2D eigenvalue weighted by atomic mass is 16.5. The van der Waals surface area contributed by atoms with Gasteiger partial charge in [-0.15, -0.1) is 0 Å². The van der Waals surface area contributed by atoms with E-state index >= 15 is 0 Å². The number of hydrogen-bond donors (Lipinski definition) is 3. The highest BCUT2D eigenvalue weighted by Crippen LogP contribution is 2.36. The van der Waals surface area contributed by atoms with Crippen LogP contribution in [0.5, 0.6) is 5.75 Å². The second kappa shape index (κ2) is 8.61. The number of anilines is 1. The molecule has 31 heavy (non-hydrogen) atoms. The summed E-state index contributed by atoms with van der Waals surface area (Å²) in [7, 11) is 3.86. The number of hydrogen-bond acceptors (Lipinski definition) is 5. The SMILES string of the molecule is COc1cc(C)c2[nH]ccc2c1CN1CCN(C)CC[C@@H]1c1ccc(C(=O)O)c(N)c1. The normalized spacial score (nSPS) is 18.2. The summed E-state index contributed by atoms with van der Waals surface area (Å²) in [4.78, 5) is 19.5. The number of aromatic nitrogens is 1. The van der Waals surface area contributed by atoms with Crippen LogP contribution in [-0.2, 0) is 6.54 Å². The lowest BCUT2D eigenvalue weighted by molar-refractivity contribution is 0.0698. The Morgan fingerprint density at radius 3 is 2.77 bits per heavy atom. The van der Waals surface area contributed by atoms with Crippen LogP contribution in [0.1, 0.15) is 39.5 Å². The molecule has 7 nitrogen and oxygen atoms in total. The summed E-state index contributed by atoms with van der Waals surface area (Å²) in [5.74, 6) is -0.109. The van der Waals surface area contributed by atoms with Crippen LogP contribution >= 0.6 is 0 Å². The van der Waals surface area contributed by atoms with Crippen LogP contribution in [0.3, 0.4) is 0 Å². The number of methoxy groups -OCH3 is 1. The molecule has 0 amide bonds. The van der Waals surface area contributed by atoms with E-state index in [1.54, 1.807) is 13.2 Å². The number of aryl methyl sites for hydroxylation is 1. The minimum Gasteiger partial charge on any atom is -0.496 e. The fourth-order valence-corrected chi connectivity index (χ4v) is 4.63. The predicted molar refractivity (Wildman–Crippen MR) is 123 cm³/mol. The maximum absolute atomic E-state index is 11.4. The molecule has 4 N–H and O–H groups in total. The number of fused-ring (bicyclic) bond motifs is 1. The number of H-pyrrole nitrogens is 1. The third-order valence-corrected chi connectivity index (χ3v) is 6.38. The number of aromatic carboxylic acids is 1. The van der Waals surface area contributed by atoms with E-state index in [0.29, 0.717) is 5.69 Å². The van der Waals surface area contributed by atoms with Crippen molar-refractivity contribution in [3.8, 4) is 5.75 Å². The van der Waals surface area contributed by atoms with Crippen molar-refractivity contribution in [3.05, 3.63) is 58.8 Å². The molecular formula is C24H30N4O3. The molecule has 0 radical (unpaired) electrons. The molecule has 1 saturated heterocycles. The molecule has 0 bridgehead atoms. The van der Waals surface area contributed by atoms with Gasteiger partial charge in [0.2, 0.25) is 0 Å². The van der Waals surface area contributed by atoms with Gasteiger partial charge in [0, 0.05) is 54.0 Å². The van der Waals surface area contributed by atoms with E-state index in [-0.39, 0.29) is 11.6 Å². The molecule has 4 rings (SSSR count). The molecule has 0 aliphatic carbocycles. The number of rotatable bonds is 5. The molecule has 2 aromatic carbocycles. The van der Waals surface area contributed by atoms with Crippen molar-refractivity contribution in [1.29, 1.82) is 0 Å². The van der Waals surface area contributed by atoms with Gasteiger partial charge in [0.05, 0.1) is 12.7 Å². The number of carboxylic acids is 1. The first-order valence-electron chi connectivity index (χ1n) is 10.6. The lowest BCUT2D eigenvalue weighted by Crippen LogP contribution is -2.31. The number of aromatic amines is 1. The minimum atomic E-state index is -0.999. The standard InChI is InChI=1S/C24H30N4O3/c1-15-12-22(31-3)19(17-6-8-26-23(15)17)14-28-11-10-27(2)9-7-21(28)16-4-5-18(24(29)30)20(25)13-16/h4-6,8,12-13,21,26H,7,9-11,14,25H2,1-3H3,(H,29,30)/t21-/m1/s1. The van der Waals surface area contributed by atoms with Gasteiger partial charge in [0.15, 0.2) is 0 Å². The maximum Gasteiger partial charge on any atom is 0.337 e. The zero-order chi connectivity index (χ0) is 22.1. The number of nitrogens with zero attached hydrogens (tertiary/aromatic N) is 2. The first kappa shape index (κ1) is 21.2. The van der Waals surface area contributed by atoms with Gasteiger partial charge in [-0.25, -0.2) is 4.79 Å². The summed E-state index contributed by atoms with van der Waals surface area (Å²) in [6, 6.07) is 9.68. The summed E-state index contributed by atoms with van der Waals surface area (Å²) in [6.07, 6.45) is 2.91. The molecule has 7 heteroatoms. The van der Waals surface area contributed by atoms with Crippen LogP contribution in [0.15, 0.2) is 36.5 Å². The molecule has 1 fully saturated rings. The Balaban J connectivity index is 1.74. The number of likely N-dealkylation sites (N-methyl/N-ethyl adjacent to an activating group) is 1. The van der Waals surface area contributed by atoms with Crippen LogP contribution in [0.25, 0.3) is 10.9 Å². The second-order valence-electron chi connectivity index (χ2n) is 8.37. The molecule has 164 valence electrons. The Bertz CT molecular complexity index is 1110. The highest BCUT2D eigenvalue weighted by Gasteiger charge is 2.27. The average Bonchev–Trinajstić information content (AvgIpc) is 3.16. The number of carboxylic acid groups (broad SMARTS) is 1. The molecule has 3 aromatic rings. The van der Waals surface area contributed by atoms with Crippen molar-refractivity contribution in [2.45, 2.75) is 25.9 Å². The molecule has 2 heterocycles. The van der Waals surface area contributed by atoms with Gasteiger partial charge in [0.1, 0.15) is 5.75 Å². The van der Waals surface area contributed by atoms with Gasteiger partial charge in [-0.2, -0.15) is 0 Å². The van der Waals surface area contributed by atoms with Crippen molar-refractivity contribution in [3.63, 3.8) is 0 Å². The zero-order valence-electron chi connectivity index (χ0n) is 18.3. The summed E-state index contributed by atoms with van der Waals surface area (Å²) in [5.41, 5.74) is 11.0. The summed E-state index contributed by atoms with van der Waals surface area (Å²) < 4.78 is 5.76. The largest absolute Gasteiger partial charge is 0.496 e. The lowest BCUT2D eigenvalue weighted by atomic mass is 9.97. The van der Waals surface area contributed by atoms with E-state index in [1.165, 1.54) is 5.39 Å². The van der Waals surface area contributed by atoms with Gasteiger partial charge in [-0.1, -0.05) is 6.07 Å². The van der Waals surface area contributed by atoms with Gasteiger partial charge in [-0.3, -0.25) is 4.90 Å². The smallest absolute Gasteiger partial charge is 0.337 e. The third-order valence-electron chi connectivity index (χ3n) is 6.38. The quantitative estimate of drug-likeness (QED) is 0.544. The van der Waals surface area contributed by atoms with Gasteiger partial charge in [-0.05, 0) is 62.3 Å². The average molecular weight is 423 g/mol. The predicted octanol–water partition coefficient (Wildman–Crippen LogP) is 3.64. The Kier molecular flexibility index (Phi) is 5.89. The van der Waals surface area contributed by atoms with E-state index in [0.717, 1.165) is 60.6 Å². The topological polar surface area (TPSA) is 94.8 Å². The lowest BCUT2D eigenvalue weighted by Gasteiger charge is -2.31. The molecular weight excluding hydrogens is 392 g/mol. The first-order chi connectivity index (χ1) is 14.9. The van der Waals surface area contributed by atoms with Crippen molar-refractivity contribution >= 4 is 22.6 Å². The van der Waals surface area contributed by atoms with Crippen molar-refractivity contribution < 1.29 is 14.6 Å². The van der Waals surface area contributed by atoms with Crippen molar-refractivity contribution in [1.82, 2.24) is 14.8 Å². The second-order valence-corrected chi connectivity index (χ2v) is 8.37. The maximum atomic E-state index is 11.4. The van der Waals surface area contributed by atoms with Gasteiger partial charge >= 0.3 is 5.97 Å².